The minimum Gasteiger partial charge on any atom is -0.393 e. The Morgan fingerprint density at radius 2 is 1.57 bits per heavy atom. The van der Waals surface area contributed by atoms with Gasteiger partial charge < -0.3 is 26.0 Å². The number of nitrogens with one attached hydrogen (secondary N) is 2. The van der Waals surface area contributed by atoms with E-state index >= 15 is 0 Å². The number of carbonyl (C=O) groups excluding carboxylic acids is 3. The lowest BCUT2D eigenvalue weighted by Gasteiger charge is -2.36. The number of unbranched alkanes of at least 4 members (excludes halogenated alkanes) is 3. The molecular weight excluding hydrogens is 689 g/mol. The Balaban J connectivity index is 0.000000321. The predicted molar refractivity (Wildman–Crippen MR) is 210 cm³/mol. The molecule has 0 unspecified atom stereocenters. The molecule has 3 aliphatic rings. The first-order chi connectivity index (χ1) is 26.3. The molecule has 12 nitrogen and oxygen atoms in total. The zero-order valence-corrected chi connectivity index (χ0v) is 31.9. The number of fused-ring (bicyclic) bond motifs is 1. The van der Waals surface area contributed by atoms with Crippen molar-refractivity contribution in [1.82, 2.24) is 30.2 Å². The highest BCUT2D eigenvalue weighted by Gasteiger charge is 2.28. The van der Waals surface area contributed by atoms with Gasteiger partial charge in [-0.3, -0.25) is 24.1 Å². The maximum atomic E-state index is 14.7. The number of amides is 3. The number of halogens is 1. The van der Waals surface area contributed by atoms with Gasteiger partial charge in [0.1, 0.15) is 5.82 Å². The number of piperazine rings is 1. The highest BCUT2D eigenvalue weighted by molar-refractivity contribution is 5.95. The van der Waals surface area contributed by atoms with Gasteiger partial charge in [0.25, 0.3) is 11.5 Å². The van der Waals surface area contributed by atoms with Crippen molar-refractivity contribution in [2.75, 3.05) is 59.4 Å². The van der Waals surface area contributed by atoms with Gasteiger partial charge in [-0.15, -0.1) is 0 Å². The fourth-order valence-corrected chi connectivity index (χ4v) is 7.59. The van der Waals surface area contributed by atoms with E-state index < -0.39 is 11.7 Å². The van der Waals surface area contributed by atoms with Crippen molar-refractivity contribution < 1.29 is 23.9 Å². The van der Waals surface area contributed by atoms with Gasteiger partial charge in [0.05, 0.1) is 29.3 Å². The Bertz CT molecular complexity index is 1670. The zero-order chi connectivity index (χ0) is 38.7. The highest BCUT2D eigenvalue weighted by Crippen LogP contribution is 2.28. The van der Waals surface area contributed by atoms with Crippen LogP contribution in [-0.2, 0) is 16.0 Å². The van der Waals surface area contributed by atoms with Crippen molar-refractivity contribution in [3.8, 4) is 0 Å². The van der Waals surface area contributed by atoms with E-state index in [4.69, 9.17) is 0 Å². The third kappa shape index (κ3) is 13.0. The molecule has 2 aromatic carbocycles. The molecule has 2 aliphatic heterocycles. The first kappa shape index (κ1) is 42.5. The molecule has 13 heteroatoms. The van der Waals surface area contributed by atoms with E-state index in [1.807, 2.05) is 17.0 Å². The number of aliphatic hydroxyl groups is 1. The lowest BCUT2D eigenvalue weighted by molar-refractivity contribution is -0.134. The van der Waals surface area contributed by atoms with Crippen LogP contribution < -0.4 is 16.6 Å². The number of aromatic nitrogens is 2. The van der Waals surface area contributed by atoms with Crippen LogP contribution in [0.1, 0.15) is 98.7 Å². The number of benzene rings is 2. The molecule has 296 valence electrons. The average Bonchev–Trinajstić information content (AvgIpc) is 3.21. The topological polar surface area (TPSA) is 165 Å². The van der Waals surface area contributed by atoms with E-state index in [2.05, 4.69) is 21.2 Å². The number of H-pyrrole nitrogens is 1. The maximum absolute atomic E-state index is 14.7. The molecule has 6 rings (SSSR count). The number of hydrogen-bond donors (Lipinski definition) is 4. The van der Waals surface area contributed by atoms with E-state index in [0.29, 0.717) is 87.1 Å². The summed E-state index contributed by atoms with van der Waals surface area (Å²) in [5.41, 5.74) is 5.55. The van der Waals surface area contributed by atoms with Gasteiger partial charge >= 0.3 is 0 Å². The first-order valence-corrected chi connectivity index (χ1v) is 19.8. The number of nitrogens with two attached hydrogens (primary N) is 1. The molecule has 1 aromatic heterocycles. The summed E-state index contributed by atoms with van der Waals surface area (Å²) in [4.78, 5) is 53.3. The largest absolute Gasteiger partial charge is 0.393 e. The molecular formula is C41H60FN7O5. The monoisotopic (exact) mass is 749 g/mol. The predicted octanol–water partition coefficient (Wildman–Crippen LogP) is 4.23. The Hall–Kier alpha value is -4.20. The normalized spacial score (nSPS) is 16.9. The lowest BCUT2D eigenvalue weighted by atomic mass is 9.85. The lowest BCUT2D eigenvalue weighted by Crippen LogP contribution is -2.53. The van der Waals surface area contributed by atoms with Crippen LogP contribution in [0.3, 0.4) is 0 Å². The van der Waals surface area contributed by atoms with Crippen molar-refractivity contribution >= 4 is 29.0 Å². The second kappa shape index (κ2) is 22.9. The molecule has 1 aliphatic carbocycles. The van der Waals surface area contributed by atoms with Gasteiger partial charge in [0.2, 0.25) is 12.3 Å². The molecule has 1 saturated carbocycles. The molecule has 0 spiro atoms. The molecule has 3 fully saturated rings. The van der Waals surface area contributed by atoms with E-state index in [-0.39, 0.29) is 23.1 Å². The summed E-state index contributed by atoms with van der Waals surface area (Å²) in [6.07, 6.45) is 16.1. The van der Waals surface area contributed by atoms with Gasteiger partial charge in [0.15, 0.2) is 0 Å². The number of aliphatic hydroxyl groups excluding tert-OH is 1. The van der Waals surface area contributed by atoms with Crippen molar-refractivity contribution in [3.05, 3.63) is 75.5 Å². The van der Waals surface area contributed by atoms with E-state index in [1.165, 1.54) is 70.9 Å². The second-order valence-corrected chi connectivity index (χ2v) is 14.5. The number of rotatable bonds is 13. The van der Waals surface area contributed by atoms with Crippen LogP contribution in [0.25, 0.3) is 10.8 Å². The quantitative estimate of drug-likeness (QED) is 0.149. The van der Waals surface area contributed by atoms with Crippen LogP contribution in [0, 0.1) is 11.7 Å². The Labute approximate surface area is 318 Å². The highest BCUT2D eigenvalue weighted by atomic mass is 19.1. The molecule has 3 aromatic rings. The van der Waals surface area contributed by atoms with Crippen LogP contribution in [-0.4, -0.2) is 114 Å². The fraction of sp³-hybridized carbons (Fsp3) is 0.585. The molecule has 5 N–H and O–H groups in total. The average molecular weight is 750 g/mol. The van der Waals surface area contributed by atoms with Gasteiger partial charge in [-0.25, -0.2) is 9.49 Å². The maximum Gasteiger partial charge on any atom is 0.272 e. The SMILES string of the molecule is CN.O=C(CN1CCC(O)CC1)N1CCN(C(=O)c2cc(Cc3n[nH]c(=O)c4ccccc34)ccc2F)CC1.O=CNCCCCCCC1CCCCC1. The molecule has 2 saturated heterocycles. The third-order valence-electron chi connectivity index (χ3n) is 10.7. The summed E-state index contributed by atoms with van der Waals surface area (Å²) in [6, 6.07) is 11.6. The molecule has 0 bridgehead atoms. The van der Waals surface area contributed by atoms with Gasteiger partial charge in [-0.1, -0.05) is 82.1 Å². The van der Waals surface area contributed by atoms with Crippen LogP contribution >= 0.6 is 0 Å². The summed E-state index contributed by atoms with van der Waals surface area (Å²) in [6.45, 7) is 4.03. The van der Waals surface area contributed by atoms with Gasteiger partial charge in [-0.05, 0) is 56.0 Å². The van der Waals surface area contributed by atoms with E-state index in [0.717, 1.165) is 25.3 Å². The Morgan fingerprint density at radius 3 is 2.28 bits per heavy atom. The number of carbonyl (C=O) groups is 3. The molecule has 0 atom stereocenters. The fourth-order valence-electron chi connectivity index (χ4n) is 7.59. The van der Waals surface area contributed by atoms with Crippen molar-refractivity contribution in [2.45, 2.75) is 89.6 Å². The summed E-state index contributed by atoms with van der Waals surface area (Å²) >= 11 is 0. The minimum absolute atomic E-state index is 0.0114. The van der Waals surface area contributed by atoms with Crippen molar-refractivity contribution in [3.63, 3.8) is 0 Å². The van der Waals surface area contributed by atoms with E-state index in [9.17, 15) is 28.7 Å². The van der Waals surface area contributed by atoms with Crippen LogP contribution in [0.2, 0.25) is 0 Å². The van der Waals surface area contributed by atoms with Crippen LogP contribution in [0.4, 0.5) is 4.39 Å². The molecule has 54 heavy (non-hydrogen) atoms. The van der Waals surface area contributed by atoms with Crippen molar-refractivity contribution in [1.29, 1.82) is 0 Å². The number of piperidine rings is 1. The van der Waals surface area contributed by atoms with Gasteiger partial charge in [-0.2, -0.15) is 5.10 Å². The summed E-state index contributed by atoms with van der Waals surface area (Å²) < 4.78 is 14.7. The molecule has 3 amide bonds. The van der Waals surface area contributed by atoms with Gasteiger partial charge in [0, 0.05) is 57.6 Å². The summed E-state index contributed by atoms with van der Waals surface area (Å²) in [5, 5.41) is 20.3. The second-order valence-electron chi connectivity index (χ2n) is 14.5. The van der Waals surface area contributed by atoms with Crippen LogP contribution in [0.15, 0.2) is 47.3 Å². The Kier molecular flexibility index (Phi) is 18.0. The standard InChI is InChI=1S/C27H30FN5O4.C13H25NO.CH5N/c28-23-6-5-18(16-24-20-3-1-2-4-21(20)26(36)30-29-24)15-22(23)27(37)33-13-11-32(12-14-33)25(35)17-31-9-7-19(34)8-10-31;15-12-14-11-7-2-1-4-8-13-9-5-3-6-10-13;1-2/h1-6,15,19,34H,7-14,16-17H2,(H,30,36);12-13H,1-11H2,(H,14,15);2H2,1H3. The number of hydrogen-bond acceptors (Lipinski definition) is 8. The first-order valence-electron chi connectivity index (χ1n) is 19.8. The summed E-state index contributed by atoms with van der Waals surface area (Å²) in [7, 11) is 1.50. The zero-order valence-electron chi connectivity index (χ0n) is 31.9. The number of likely N-dealkylation sites (tertiary alicyclic amines) is 1. The number of aromatic amines is 1. The summed E-state index contributed by atoms with van der Waals surface area (Å²) in [5.74, 6) is 0.0405. The van der Waals surface area contributed by atoms with Crippen molar-refractivity contribution in [2.24, 2.45) is 11.7 Å². The minimum atomic E-state index is -0.598. The molecule has 3 heterocycles. The van der Waals surface area contributed by atoms with E-state index in [1.54, 1.807) is 34.1 Å². The Morgan fingerprint density at radius 1 is 0.907 bits per heavy atom. The smallest absolute Gasteiger partial charge is 0.272 e. The third-order valence-corrected chi connectivity index (χ3v) is 10.7. The number of nitrogens with zero attached hydrogens (tertiary/aromatic N) is 4. The van der Waals surface area contributed by atoms with Crippen LogP contribution in [0.5, 0.6) is 0 Å². The molecule has 0 radical (unpaired) electrons.